The molecule has 6 nitrogen and oxygen atoms in total. The third-order valence-corrected chi connectivity index (χ3v) is 3.19. The van der Waals surface area contributed by atoms with Crippen molar-refractivity contribution in [3.8, 4) is 0 Å². The molecule has 1 rings (SSSR count). The fourth-order valence-corrected chi connectivity index (χ4v) is 1.70. The first-order valence-electron chi connectivity index (χ1n) is 7.19. The van der Waals surface area contributed by atoms with E-state index in [4.69, 9.17) is 4.42 Å². The van der Waals surface area contributed by atoms with Crippen molar-refractivity contribution < 1.29 is 19.1 Å². The minimum absolute atomic E-state index is 0.0616. The molecule has 1 heterocycles. The third-order valence-electron chi connectivity index (χ3n) is 3.19. The van der Waals surface area contributed by atoms with Crippen molar-refractivity contribution in [2.24, 2.45) is 5.92 Å². The van der Waals surface area contributed by atoms with Crippen molar-refractivity contribution in [3.05, 3.63) is 23.7 Å². The topological polar surface area (TPSA) is 91.6 Å². The number of carbonyl (C=O) groups excluding carboxylic acids is 2. The lowest BCUT2D eigenvalue weighted by atomic mass is 10.0. The molecule has 1 aromatic rings. The van der Waals surface area contributed by atoms with Crippen LogP contribution in [-0.4, -0.2) is 36.1 Å². The maximum Gasteiger partial charge on any atom is 0.287 e. The summed E-state index contributed by atoms with van der Waals surface area (Å²) < 4.78 is 5.08. The second-order valence-corrected chi connectivity index (χ2v) is 5.41. The zero-order valence-electron chi connectivity index (χ0n) is 12.8. The highest BCUT2D eigenvalue weighted by atomic mass is 16.3. The first kappa shape index (κ1) is 17.2. The third kappa shape index (κ3) is 5.99. The highest BCUT2D eigenvalue weighted by molar-refractivity contribution is 5.92. The summed E-state index contributed by atoms with van der Waals surface area (Å²) in [4.78, 5) is 23.2. The highest BCUT2D eigenvalue weighted by Crippen LogP contribution is 2.08. The number of amides is 2. The van der Waals surface area contributed by atoms with Crippen molar-refractivity contribution in [2.75, 3.05) is 13.1 Å². The van der Waals surface area contributed by atoms with E-state index in [0.29, 0.717) is 25.3 Å². The van der Waals surface area contributed by atoms with Crippen molar-refractivity contribution >= 4 is 11.8 Å². The maximum atomic E-state index is 11.7. The van der Waals surface area contributed by atoms with Gasteiger partial charge in [0.25, 0.3) is 5.91 Å². The standard InChI is InChI=1S/C15H24N2O4/c1-10(2)12(18)9-13(19)16-6-4-7-17-15(20)14-11(3)5-8-21-14/h5,8,10,12,18H,4,6-7,9H2,1-3H3,(H,16,19)(H,17,20). The van der Waals surface area contributed by atoms with Crippen LogP contribution >= 0.6 is 0 Å². The molecule has 118 valence electrons. The molecule has 1 aromatic heterocycles. The second kappa shape index (κ2) is 8.46. The molecule has 0 spiro atoms. The molecule has 0 aliphatic rings. The van der Waals surface area contributed by atoms with Crippen LogP contribution in [0.15, 0.2) is 16.7 Å². The van der Waals surface area contributed by atoms with Gasteiger partial charge in [0, 0.05) is 18.7 Å². The van der Waals surface area contributed by atoms with Gasteiger partial charge in [-0.25, -0.2) is 0 Å². The molecule has 0 saturated carbocycles. The van der Waals surface area contributed by atoms with Crippen LogP contribution in [-0.2, 0) is 4.79 Å². The van der Waals surface area contributed by atoms with E-state index in [9.17, 15) is 14.7 Å². The van der Waals surface area contributed by atoms with Gasteiger partial charge in [0.15, 0.2) is 5.76 Å². The molecule has 0 fully saturated rings. The molecule has 21 heavy (non-hydrogen) atoms. The molecule has 1 unspecified atom stereocenters. The van der Waals surface area contributed by atoms with E-state index in [-0.39, 0.29) is 24.2 Å². The fraction of sp³-hybridized carbons (Fsp3) is 0.600. The van der Waals surface area contributed by atoms with Crippen molar-refractivity contribution in [3.63, 3.8) is 0 Å². The van der Waals surface area contributed by atoms with Crippen molar-refractivity contribution in [1.82, 2.24) is 10.6 Å². The predicted molar refractivity (Wildman–Crippen MR) is 78.9 cm³/mol. The number of hydrogen-bond donors (Lipinski definition) is 3. The number of aliphatic hydroxyl groups excluding tert-OH is 1. The lowest BCUT2D eigenvalue weighted by Gasteiger charge is -2.13. The first-order valence-corrected chi connectivity index (χ1v) is 7.19. The Morgan fingerprint density at radius 1 is 1.29 bits per heavy atom. The molecule has 0 aliphatic carbocycles. The number of nitrogens with one attached hydrogen (secondary N) is 2. The number of carbonyl (C=O) groups is 2. The second-order valence-electron chi connectivity index (χ2n) is 5.41. The molecule has 0 bridgehead atoms. The minimum atomic E-state index is -0.619. The van der Waals surface area contributed by atoms with E-state index < -0.39 is 6.10 Å². The average Bonchev–Trinajstić information content (AvgIpc) is 2.84. The molecule has 0 aliphatic heterocycles. The summed E-state index contributed by atoms with van der Waals surface area (Å²) >= 11 is 0. The quantitative estimate of drug-likeness (QED) is 0.629. The van der Waals surface area contributed by atoms with Crippen molar-refractivity contribution in [2.45, 2.75) is 39.7 Å². The van der Waals surface area contributed by atoms with E-state index >= 15 is 0 Å². The van der Waals surface area contributed by atoms with Gasteiger partial charge in [-0.15, -0.1) is 0 Å². The summed E-state index contributed by atoms with van der Waals surface area (Å²) in [5, 5.41) is 15.0. The molecule has 0 radical (unpaired) electrons. The molecule has 3 N–H and O–H groups in total. The van der Waals surface area contributed by atoms with Gasteiger partial charge < -0.3 is 20.2 Å². The van der Waals surface area contributed by atoms with Gasteiger partial charge in [0.1, 0.15) is 0 Å². The maximum absolute atomic E-state index is 11.7. The molecule has 0 aromatic carbocycles. The van der Waals surface area contributed by atoms with Crippen molar-refractivity contribution in [1.29, 1.82) is 0 Å². The number of rotatable bonds is 8. The molecule has 2 amide bonds. The zero-order chi connectivity index (χ0) is 15.8. The minimum Gasteiger partial charge on any atom is -0.459 e. The summed E-state index contributed by atoms with van der Waals surface area (Å²) in [6.45, 7) is 6.44. The molecule has 1 atom stereocenters. The summed E-state index contributed by atoms with van der Waals surface area (Å²) in [7, 11) is 0. The van der Waals surface area contributed by atoms with Gasteiger partial charge >= 0.3 is 0 Å². The predicted octanol–water partition coefficient (Wildman–Crippen LogP) is 1.23. The lowest BCUT2D eigenvalue weighted by Crippen LogP contribution is -2.32. The fourth-order valence-electron chi connectivity index (χ4n) is 1.70. The van der Waals surface area contributed by atoms with Gasteiger partial charge in [-0.1, -0.05) is 13.8 Å². The van der Waals surface area contributed by atoms with Crippen LogP contribution in [0.5, 0.6) is 0 Å². The van der Waals surface area contributed by atoms with E-state index in [2.05, 4.69) is 10.6 Å². The van der Waals surface area contributed by atoms with Crippen LogP contribution < -0.4 is 10.6 Å². The van der Waals surface area contributed by atoms with Crippen LogP contribution in [0.1, 0.15) is 42.8 Å². The van der Waals surface area contributed by atoms with E-state index in [1.807, 2.05) is 13.8 Å². The Hall–Kier alpha value is -1.82. The van der Waals surface area contributed by atoms with Gasteiger partial charge in [-0.3, -0.25) is 9.59 Å². The molecular weight excluding hydrogens is 272 g/mol. The Kier molecular flexibility index (Phi) is 6.94. The molecular formula is C15H24N2O4. The summed E-state index contributed by atoms with van der Waals surface area (Å²) in [5.41, 5.74) is 0.795. The number of aryl methyl sites for hydroxylation is 1. The smallest absolute Gasteiger partial charge is 0.287 e. The number of aliphatic hydroxyl groups is 1. The van der Waals surface area contributed by atoms with Gasteiger partial charge in [-0.2, -0.15) is 0 Å². The Morgan fingerprint density at radius 2 is 1.95 bits per heavy atom. The average molecular weight is 296 g/mol. The number of furan rings is 1. The summed E-state index contributed by atoms with van der Waals surface area (Å²) in [5.74, 6) is -0.0471. The SMILES string of the molecule is Cc1ccoc1C(=O)NCCCNC(=O)CC(O)C(C)C. The Bertz CT molecular complexity index is 468. The van der Waals surface area contributed by atoms with Gasteiger partial charge in [-0.05, 0) is 25.3 Å². The molecule has 6 heteroatoms. The highest BCUT2D eigenvalue weighted by Gasteiger charge is 2.14. The zero-order valence-corrected chi connectivity index (χ0v) is 12.8. The van der Waals surface area contributed by atoms with Crippen LogP contribution in [0.25, 0.3) is 0 Å². The van der Waals surface area contributed by atoms with E-state index in [1.54, 1.807) is 13.0 Å². The first-order chi connectivity index (χ1) is 9.91. The normalized spacial score (nSPS) is 12.2. The molecule has 0 saturated heterocycles. The Balaban J connectivity index is 2.13. The van der Waals surface area contributed by atoms with Gasteiger partial charge in [0.05, 0.1) is 18.8 Å². The summed E-state index contributed by atoms with van der Waals surface area (Å²) in [6, 6.07) is 1.73. The van der Waals surface area contributed by atoms with Crippen LogP contribution in [0.3, 0.4) is 0 Å². The Morgan fingerprint density at radius 3 is 2.52 bits per heavy atom. The van der Waals surface area contributed by atoms with Gasteiger partial charge in [0.2, 0.25) is 5.91 Å². The Labute approximate surface area is 124 Å². The van der Waals surface area contributed by atoms with E-state index in [1.165, 1.54) is 6.26 Å². The summed E-state index contributed by atoms with van der Waals surface area (Å²) in [6.07, 6.45) is 1.58. The lowest BCUT2D eigenvalue weighted by molar-refractivity contribution is -0.123. The number of hydrogen-bond acceptors (Lipinski definition) is 4. The monoisotopic (exact) mass is 296 g/mol. The van der Waals surface area contributed by atoms with E-state index in [0.717, 1.165) is 5.56 Å². The largest absolute Gasteiger partial charge is 0.459 e. The van der Waals surface area contributed by atoms with Crippen LogP contribution in [0, 0.1) is 12.8 Å². The van der Waals surface area contributed by atoms with Crippen LogP contribution in [0.4, 0.5) is 0 Å². The van der Waals surface area contributed by atoms with Crippen LogP contribution in [0.2, 0.25) is 0 Å².